The first-order valence-corrected chi connectivity index (χ1v) is 7.92. The van der Waals surface area contributed by atoms with Crippen LogP contribution in [0.25, 0.3) is 0 Å². The standard InChI is InChI=1S/C19H25N3O/c1-19(2,17-7-5-4-6-8-17)15-21-18(23)22(3)14-11-16-9-12-20-13-10-16/h4-10,12-13H,11,14-15H2,1-3H3,(H,21,23). The Morgan fingerprint density at radius 3 is 2.43 bits per heavy atom. The highest BCUT2D eigenvalue weighted by Gasteiger charge is 2.21. The first-order valence-electron chi connectivity index (χ1n) is 7.92. The van der Waals surface area contributed by atoms with Crippen LogP contribution in [-0.2, 0) is 11.8 Å². The number of carbonyl (C=O) groups excluding carboxylic acids is 1. The lowest BCUT2D eigenvalue weighted by atomic mass is 9.85. The highest BCUT2D eigenvalue weighted by Crippen LogP contribution is 2.21. The van der Waals surface area contributed by atoms with E-state index in [9.17, 15) is 4.79 Å². The fourth-order valence-electron chi connectivity index (χ4n) is 2.37. The van der Waals surface area contributed by atoms with Crippen LogP contribution >= 0.6 is 0 Å². The molecule has 0 saturated carbocycles. The van der Waals surface area contributed by atoms with Crippen LogP contribution in [0.3, 0.4) is 0 Å². The van der Waals surface area contributed by atoms with E-state index in [1.54, 1.807) is 17.3 Å². The molecule has 0 aliphatic heterocycles. The molecular formula is C19H25N3O. The van der Waals surface area contributed by atoms with Gasteiger partial charge in [0.2, 0.25) is 0 Å². The molecule has 23 heavy (non-hydrogen) atoms. The highest BCUT2D eigenvalue weighted by atomic mass is 16.2. The van der Waals surface area contributed by atoms with Gasteiger partial charge in [0.1, 0.15) is 0 Å². The predicted molar refractivity (Wildman–Crippen MR) is 93.4 cm³/mol. The lowest BCUT2D eigenvalue weighted by Gasteiger charge is -2.27. The van der Waals surface area contributed by atoms with Crippen LogP contribution in [0.15, 0.2) is 54.9 Å². The molecule has 0 bridgehead atoms. The summed E-state index contributed by atoms with van der Waals surface area (Å²) in [7, 11) is 1.83. The van der Waals surface area contributed by atoms with Crippen LogP contribution in [0.1, 0.15) is 25.0 Å². The fraction of sp³-hybridized carbons (Fsp3) is 0.368. The largest absolute Gasteiger partial charge is 0.337 e. The first-order chi connectivity index (χ1) is 11.0. The number of nitrogens with one attached hydrogen (secondary N) is 1. The third kappa shape index (κ3) is 5.09. The summed E-state index contributed by atoms with van der Waals surface area (Å²) >= 11 is 0. The minimum Gasteiger partial charge on any atom is -0.337 e. The molecule has 0 aliphatic rings. The quantitative estimate of drug-likeness (QED) is 0.890. The number of nitrogens with zero attached hydrogens (tertiary/aromatic N) is 2. The van der Waals surface area contributed by atoms with Crippen LogP contribution in [0, 0.1) is 0 Å². The second-order valence-electron chi connectivity index (χ2n) is 6.44. The third-order valence-electron chi connectivity index (χ3n) is 4.07. The summed E-state index contributed by atoms with van der Waals surface area (Å²) in [5, 5.41) is 3.03. The highest BCUT2D eigenvalue weighted by molar-refractivity contribution is 5.74. The molecule has 0 unspecified atom stereocenters. The topological polar surface area (TPSA) is 45.2 Å². The molecule has 2 rings (SSSR count). The van der Waals surface area contributed by atoms with Crippen molar-refractivity contribution in [3.63, 3.8) is 0 Å². The molecule has 0 radical (unpaired) electrons. The predicted octanol–water partition coefficient (Wildman–Crippen LogP) is 3.24. The number of aromatic nitrogens is 1. The molecule has 1 aromatic carbocycles. The molecule has 0 fully saturated rings. The van der Waals surface area contributed by atoms with Gasteiger partial charge in [-0.2, -0.15) is 0 Å². The van der Waals surface area contributed by atoms with E-state index >= 15 is 0 Å². The Morgan fingerprint density at radius 1 is 1.13 bits per heavy atom. The number of likely N-dealkylation sites (N-methyl/N-ethyl adjacent to an activating group) is 1. The van der Waals surface area contributed by atoms with E-state index in [1.807, 2.05) is 37.4 Å². The lowest BCUT2D eigenvalue weighted by molar-refractivity contribution is 0.207. The van der Waals surface area contributed by atoms with Crippen LogP contribution in [-0.4, -0.2) is 36.1 Å². The number of carbonyl (C=O) groups is 1. The Labute approximate surface area is 138 Å². The Morgan fingerprint density at radius 2 is 1.78 bits per heavy atom. The number of pyridine rings is 1. The van der Waals surface area contributed by atoms with Crippen LogP contribution in [0.2, 0.25) is 0 Å². The molecule has 0 aliphatic carbocycles. The van der Waals surface area contributed by atoms with E-state index in [0.29, 0.717) is 13.1 Å². The summed E-state index contributed by atoms with van der Waals surface area (Å²) in [4.78, 5) is 18.0. The Bertz CT molecular complexity index is 611. The van der Waals surface area contributed by atoms with Gasteiger partial charge in [-0.25, -0.2) is 4.79 Å². The fourth-order valence-corrected chi connectivity index (χ4v) is 2.37. The number of hydrogen-bond donors (Lipinski definition) is 1. The summed E-state index contributed by atoms with van der Waals surface area (Å²) < 4.78 is 0. The van der Waals surface area contributed by atoms with E-state index in [1.165, 1.54) is 11.1 Å². The molecule has 2 amide bonds. The van der Waals surface area contributed by atoms with Gasteiger partial charge < -0.3 is 10.2 Å². The number of hydrogen-bond acceptors (Lipinski definition) is 2. The molecule has 4 heteroatoms. The van der Waals surface area contributed by atoms with E-state index in [2.05, 4.69) is 36.3 Å². The van der Waals surface area contributed by atoms with Gasteiger partial charge >= 0.3 is 6.03 Å². The number of amides is 2. The third-order valence-corrected chi connectivity index (χ3v) is 4.07. The first kappa shape index (κ1) is 17.0. The maximum atomic E-state index is 12.2. The van der Waals surface area contributed by atoms with Gasteiger partial charge in [-0.1, -0.05) is 44.2 Å². The minimum absolute atomic E-state index is 0.0388. The van der Waals surface area contributed by atoms with Crippen molar-refractivity contribution in [1.82, 2.24) is 15.2 Å². The van der Waals surface area contributed by atoms with Gasteiger partial charge in [0, 0.05) is 37.9 Å². The molecule has 1 N–H and O–H groups in total. The lowest BCUT2D eigenvalue weighted by Crippen LogP contribution is -2.43. The summed E-state index contributed by atoms with van der Waals surface area (Å²) in [5.74, 6) is 0. The number of benzene rings is 1. The smallest absolute Gasteiger partial charge is 0.317 e. The molecule has 0 atom stereocenters. The van der Waals surface area contributed by atoms with Gasteiger partial charge in [0.05, 0.1) is 0 Å². The second kappa shape index (κ2) is 7.77. The van der Waals surface area contributed by atoms with Crippen LogP contribution < -0.4 is 5.32 Å². The average Bonchev–Trinajstić information content (AvgIpc) is 2.59. The number of urea groups is 1. The van der Waals surface area contributed by atoms with Crippen molar-refractivity contribution < 1.29 is 4.79 Å². The SMILES string of the molecule is CN(CCc1ccncc1)C(=O)NCC(C)(C)c1ccccc1. The monoisotopic (exact) mass is 311 g/mol. The van der Waals surface area contributed by atoms with Gasteiger partial charge in [-0.3, -0.25) is 4.98 Å². The second-order valence-corrected chi connectivity index (χ2v) is 6.44. The Balaban J connectivity index is 1.82. The van der Waals surface area contributed by atoms with Crippen LogP contribution in [0.5, 0.6) is 0 Å². The van der Waals surface area contributed by atoms with E-state index in [-0.39, 0.29) is 11.4 Å². The zero-order valence-electron chi connectivity index (χ0n) is 14.1. The van der Waals surface area contributed by atoms with Crippen molar-refractivity contribution in [3.05, 3.63) is 66.0 Å². The van der Waals surface area contributed by atoms with Crippen molar-refractivity contribution in [3.8, 4) is 0 Å². The molecule has 1 aromatic heterocycles. The molecule has 0 saturated heterocycles. The zero-order valence-corrected chi connectivity index (χ0v) is 14.1. The van der Waals surface area contributed by atoms with Crippen molar-refractivity contribution in [1.29, 1.82) is 0 Å². The van der Waals surface area contributed by atoms with Gasteiger partial charge in [0.15, 0.2) is 0 Å². The molecule has 122 valence electrons. The van der Waals surface area contributed by atoms with Gasteiger partial charge in [-0.15, -0.1) is 0 Å². The van der Waals surface area contributed by atoms with E-state index < -0.39 is 0 Å². The zero-order chi connectivity index (χ0) is 16.7. The van der Waals surface area contributed by atoms with Crippen molar-refractivity contribution in [2.45, 2.75) is 25.7 Å². The van der Waals surface area contributed by atoms with Gasteiger partial charge in [-0.05, 0) is 29.7 Å². The molecule has 4 nitrogen and oxygen atoms in total. The number of rotatable bonds is 6. The maximum absolute atomic E-state index is 12.2. The maximum Gasteiger partial charge on any atom is 0.317 e. The summed E-state index contributed by atoms with van der Waals surface area (Å²) in [5.41, 5.74) is 2.31. The Hall–Kier alpha value is -2.36. The van der Waals surface area contributed by atoms with Gasteiger partial charge in [0.25, 0.3) is 0 Å². The Kier molecular flexibility index (Phi) is 5.74. The van der Waals surface area contributed by atoms with Crippen molar-refractivity contribution >= 4 is 6.03 Å². The molecule has 1 heterocycles. The van der Waals surface area contributed by atoms with E-state index in [4.69, 9.17) is 0 Å². The molecule has 2 aromatic rings. The van der Waals surface area contributed by atoms with Crippen molar-refractivity contribution in [2.75, 3.05) is 20.1 Å². The average molecular weight is 311 g/mol. The molecular weight excluding hydrogens is 286 g/mol. The van der Waals surface area contributed by atoms with Crippen molar-refractivity contribution in [2.24, 2.45) is 0 Å². The summed E-state index contributed by atoms with van der Waals surface area (Å²) in [6.45, 7) is 5.57. The summed E-state index contributed by atoms with van der Waals surface area (Å²) in [6.07, 6.45) is 4.38. The summed E-state index contributed by atoms with van der Waals surface area (Å²) in [6, 6.07) is 14.2. The normalized spacial score (nSPS) is 11.1. The van der Waals surface area contributed by atoms with E-state index in [0.717, 1.165) is 6.42 Å². The van der Waals surface area contributed by atoms with Crippen LogP contribution in [0.4, 0.5) is 4.79 Å². The minimum atomic E-state index is -0.0944. The molecule has 0 spiro atoms.